The third kappa shape index (κ3) is 3.69. The summed E-state index contributed by atoms with van der Waals surface area (Å²) in [4.78, 5) is 0. The van der Waals surface area contributed by atoms with Gasteiger partial charge in [0.25, 0.3) is 0 Å². The molecule has 1 unspecified atom stereocenters. The Hall–Kier alpha value is -1.26. The predicted molar refractivity (Wildman–Crippen MR) is 85.4 cm³/mol. The average molecular weight is 354 g/mol. The molecule has 0 saturated carbocycles. The maximum absolute atomic E-state index is 13.8. The molecule has 0 spiro atoms. The van der Waals surface area contributed by atoms with Crippen LogP contribution in [0.4, 0.5) is 8.78 Å². The van der Waals surface area contributed by atoms with Gasteiger partial charge in [-0.15, -0.1) is 0 Å². The Bertz CT molecular complexity index is 611. The van der Waals surface area contributed by atoms with E-state index in [1.807, 2.05) is 31.2 Å². The molecule has 0 amide bonds. The summed E-state index contributed by atoms with van der Waals surface area (Å²) >= 11 is 3.18. The number of aryl methyl sites for hydroxylation is 1. The molecular formula is C17H18BrF2N. The normalized spacial score (nSPS) is 12.4. The molecule has 0 saturated heterocycles. The van der Waals surface area contributed by atoms with Crippen molar-refractivity contribution >= 4 is 15.9 Å². The zero-order valence-electron chi connectivity index (χ0n) is 12.1. The molecule has 0 bridgehead atoms. The number of nitrogens with one attached hydrogen (secondary N) is 1. The van der Waals surface area contributed by atoms with Crippen LogP contribution < -0.4 is 5.32 Å². The third-order valence-electron chi connectivity index (χ3n) is 3.39. The van der Waals surface area contributed by atoms with Crippen LogP contribution in [0.25, 0.3) is 0 Å². The monoisotopic (exact) mass is 353 g/mol. The Labute approximate surface area is 132 Å². The van der Waals surface area contributed by atoms with Gasteiger partial charge in [0.1, 0.15) is 0 Å². The molecule has 2 aromatic carbocycles. The number of hydrogen-bond acceptors (Lipinski definition) is 1. The average Bonchev–Trinajstić information content (AvgIpc) is 2.48. The Kier molecular flexibility index (Phi) is 5.48. The summed E-state index contributed by atoms with van der Waals surface area (Å²) in [6.45, 7) is 4.88. The summed E-state index contributed by atoms with van der Waals surface area (Å²) in [6, 6.07) is 10.7. The molecule has 0 heterocycles. The first kappa shape index (κ1) is 16.1. The molecule has 1 atom stereocenters. The minimum atomic E-state index is -0.845. The van der Waals surface area contributed by atoms with Crippen molar-refractivity contribution in [1.29, 1.82) is 0 Å². The van der Waals surface area contributed by atoms with E-state index in [2.05, 4.69) is 28.2 Å². The van der Waals surface area contributed by atoms with E-state index in [4.69, 9.17) is 0 Å². The summed E-state index contributed by atoms with van der Waals surface area (Å²) < 4.78 is 27.3. The highest BCUT2D eigenvalue weighted by atomic mass is 79.9. The van der Waals surface area contributed by atoms with Gasteiger partial charge >= 0.3 is 0 Å². The summed E-state index contributed by atoms with van der Waals surface area (Å²) in [7, 11) is 0. The van der Waals surface area contributed by atoms with Crippen LogP contribution in [0.5, 0.6) is 0 Å². The van der Waals surface area contributed by atoms with E-state index >= 15 is 0 Å². The van der Waals surface area contributed by atoms with Gasteiger partial charge in [0.2, 0.25) is 0 Å². The zero-order valence-corrected chi connectivity index (χ0v) is 13.7. The third-order valence-corrected chi connectivity index (χ3v) is 4.19. The fraction of sp³-hybridized carbons (Fsp3) is 0.294. The van der Waals surface area contributed by atoms with Crippen molar-refractivity contribution in [1.82, 2.24) is 5.32 Å². The van der Waals surface area contributed by atoms with Gasteiger partial charge in [-0.2, -0.15) is 0 Å². The molecular weight excluding hydrogens is 336 g/mol. The number of rotatable bonds is 5. The quantitative estimate of drug-likeness (QED) is 0.735. The first-order chi connectivity index (χ1) is 10.0. The maximum atomic E-state index is 13.8. The lowest BCUT2D eigenvalue weighted by molar-refractivity contribution is 0.497. The standard InChI is InChI=1S/C17H18BrF2N/c1-3-10-21-17(12-6-4-11(2)5-7-12)13-8-9-14(19)16(20)15(13)18/h4-9,17,21H,3,10H2,1-2H3. The van der Waals surface area contributed by atoms with Crippen LogP contribution in [0, 0.1) is 18.6 Å². The van der Waals surface area contributed by atoms with E-state index in [0.29, 0.717) is 5.56 Å². The predicted octanol–water partition coefficient (Wildman–Crippen LogP) is 5.12. The molecule has 2 aromatic rings. The zero-order chi connectivity index (χ0) is 15.4. The van der Waals surface area contributed by atoms with E-state index in [-0.39, 0.29) is 10.5 Å². The Morgan fingerprint density at radius 3 is 2.38 bits per heavy atom. The van der Waals surface area contributed by atoms with Crippen molar-refractivity contribution in [2.75, 3.05) is 6.54 Å². The Morgan fingerprint density at radius 2 is 1.76 bits per heavy atom. The lowest BCUT2D eigenvalue weighted by atomic mass is 9.97. The van der Waals surface area contributed by atoms with Gasteiger partial charge in [-0.1, -0.05) is 42.8 Å². The molecule has 0 fully saturated rings. The number of benzene rings is 2. The topological polar surface area (TPSA) is 12.0 Å². The van der Waals surface area contributed by atoms with Crippen molar-refractivity contribution in [2.45, 2.75) is 26.3 Å². The Balaban J connectivity index is 2.45. The van der Waals surface area contributed by atoms with Gasteiger partial charge in [-0.3, -0.25) is 0 Å². The van der Waals surface area contributed by atoms with Gasteiger partial charge < -0.3 is 5.32 Å². The minimum Gasteiger partial charge on any atom is -0.306 e. The van der Waals surface area contributed by atoms with Gasteiger partial charge in [-0.25, -0.2) is 8.78 Å². The summed E-state index contributed by atoms with van der Waals surface area (Å²) in [6.07, 6.45) is 0.962. The summed E-state index contributed by atoms with van der Waals surface area (Å²) in [5.41, 5.74) is 2.89. The van der Waals surface area contributed by atoms with E-state index in [0.717, 1.165) is 24.1 Å². The molecule has 0 aliphatic heterocycles. The van der Waals surface area contributed by atoms with Gasteiger partial charge in [-0.05, 0) is 53.0 Å². The molecule has 112 valence electrons. The summed E-state index contributed by atoms with van der Waals surface area (Å²) in [5.74, 6) is -1.69. The molecule has 1 N–H and O–H groups in total. The number of halogens is 3. The van der Waals surface area contributed by atoms with Crippen molar-refractivity contribution in [3.63, 3.8) is 0 Å². The van der Waals surface area contributed by atoms with E-state index < -0.39 is 11.6 Å². The molecule has 4 heteroatoms. The first-order valence-electron chi connectivity index (χ1n) is 6.98. The first-order valence-corrected chi connectivity index (χ1v) is 7.77. The van der Waals surface area contributed by atoms with E-state index in [9.17, 15) is 8.78 Å². The van der Waals surface area contributed by atoms with Gasteiger partial charge in [0.15, 0.2) is 11.6 Å². The van der Waals surface area contributed by atoms with Gasteiger partial charge in [0, 0.05) is 0 Å². The minimum absolute atomic E-state index is 0.171. The van der Waals surface area contributed by atoms with Crippen molar-refractivity contribution < 1.29 is 8.78 Å². The maximum Gasteiger partial charge on any atom is 0.173 e. The Morgan fingerprint density at radius 1 is 1.10 bits per heavy atom. The smallest absolute Gasteiger partial charge is 0.173 e. The van der Waals surface area contributed by atoms with E-state index in [1.165, 1.54) is 6.07 Å². The second-order valence-corrected chi connectivity index (χ2v) is 5.86. The molecule has 0 radical (unpaired) electrons. The lowest BCUT2D eigenvalue weighted by Gasteiger charge is -2.21. The highest BCUT2D eigenvalue weighted by Crippen LogP contribution is 2.31. The fourth-order valence-corrected chi connectivity index (χ4v) is 2.77. The van der Waals surface area contributed by atoms with Crippen LogP contribution in [0.1, 0.15) is 36.1 Å². The van der Waals surface area contributed by atoms with Crippen LogP contribution in [-0.2, 0) is 0 Å². The molecule has 0 aliphatic rings. The number of hydrogen-bond donors (Lipinski definition) is 1. The SMILES string of the molecule is CCCNC(c1ccc(C)cc1)c1ccc(F)c(F)c1Br. The van der Waals surface area contributed by atoms with Crippen LogP contribution in [0.3, 0.4) is 0 Å². The molecule has 1 nitrogen and oxygen atoms in total. The molecule has 0 aromatic heterocycles. The van der Waals surface area contributed by atoms with Crippen molar-refractivity contribution in [2.24, 2.45) is 0 Å². The highest BCUT2D eigenvalue weighted by Gasteiger charge is 2.20. The lowest BCUT2D eigenvalue weighted by Crippen LogP contribution is -2.24. The van der Waals surface area contributed by atoms with Gasteiger partial charge in [0.05, 0.1) is 10.5 Å². The largest absolute Gasteiger partial charge is 0.306 e. The van der Waals surface area contributed by atoms with Crippen molar-refractivity contribution in [3.8, 4) is 0 Å². The second-order valence-electron chi connectivity index (χ2n) is 5.06. The highest BCUT2D eigenvalue weighted by molar-refractivity contribution is 9.10. The summed E-state index contributed by atoms with van der Waals surface area (Å²) in [5, 5.41) is 3.39. The molecule has 2 rings (SSSR count). The van der Waals surface area contributed by atoms with Crippen LogP contribution in [-0.4, -0.2) is 6.54 Å². The molecule has 21 heavy (non-hydrogen) atoms. The van der Waals surface area contributed by atoms with Crippen LogP contribution in [0.15, 0.2) is 40.9 Å². The van der Waals surface area contributed by atoms with Crippen LogP contribution in [0.2, 0.25) is 0 Å². The fourth-order valence-electron chi connectivity index (χ4n) is 2.22. The van der Waals surface area contributed by atoms with Crippen LogP contribution >= 0.6 is 15.9 Å². The van der Waals surface area contributed by atoms with E-state index in [1.54, 1.807) is 6.07 Å². The molecule has 0 aliphatic carbocycles. The van der Waals surface area contributed by atoms with Crippen molar-refractivity contribution in [3.05, 3.63) is 69.2 Å². The second kappa shape index (κ2) is 7.14.